The van der Waals surface area contributed by atoms with Crippen molar-refractivity contribution in [3.63, 3.8) is 0 Å². The summed E-state index contributed by atoms with van der Waals surface area (Å²) in [5.41, 5.74) is 4.01. The van der Waals surface area contributed by atoms with Crippen LogP contribution < -0.4 is 15.4 Å². The molecule has 2 N–H and O–H groups in total. The van der Waals surface area contributed by atoms with Crippen LogP contribution in [0.2, 0.25) is 5.02 Å². The predicted octanol–water partition coefficient (Wildman–Crippen LogP) is 4.77. The third kappa shape index (κ3) is 4.09. The van der Waals surface area contributed by atoms with Gasteiger partial charge in [0.25, 0.3) is 0 Å². The summed E-state index contributed by atoms with van der Waals surface area (Å²) in [5, 5.41) is 7.41. The molecule has 3 nitrogen and oxygen atoms in total. The van der Waals surface area contributed by atoms with Crippen LogP contribution in [-0.2, 0) is 0 Å². The molecular formula is C16H17ClN2OS. The lowest BCUT2D eigenvalue weighted by atomic mass is 10.1. The van der Waals surface area contributed by atoms with Crippen molar-refractivity contribution >= 4 is 40.3 Å². The normalized spacial score (nSPS) is 10.1. The van der Waals surface area contributed by atoms with Gasteiger partial charge in [-0.25, -0.2) is 0 Å². The molecule has 2 rings (SSSR count). The van der Waals surface area contributed by atoms with E-state index in [4.69, 9.17) is 28.6 Å². The first-order valence-corrected chi connectivity index (χ1v) is 7.27. The Hall–Kier alpha value is -1.78. The summed E-state index contributed by atoms with van der Waals surface area (Å²) in [7, 11) is 1.61. The van der Waals surface area contributed by atoms with E-state index in [1.807, 2.05) is 13.8 Å². The Morgan fingerprint density at radius 1 is 1.05 bits per heavy atom. The Bertz CT molecular complexity index is 673. The summed E-state index contributed by atoms with van der Waals surface area (Å²) in [6.45, 7) is 4.07. The quantitative estimate of drug-likeness (QED) is 0.798. The molecule has 0 saturated carbocycles. The van der Waals surface area contributed by atoms with Crippen LogP contribution in [0.3, 0.4) is 0 Å². The van der Waals surface area contributed by atoms with Gasteiger partial charge >= 0.3 is 0 Å². The van der Waals surface area contributed by atoms with Crippen LogP contribution in [-0.4, -0.2) is 12.2 Å². The molecule has 2 aromatic carbocycles. The fourth-order valence-corrected chi connectivity index (χ4v) is 2.32. The third-order valence-electron chi connectivity index (χ3n) is 3.05. The number of rotatable bonds is 3. The molecule has 0 aliphatic rings. The molecule has 0 saturated heterocycles. The van der Waals surface area contributed by atoms with Gasteiger partial charge in [-0.05, 0) is 61.5 Å². The molecule has 21 heavy (non-hydrogen) atoms. The largest absolute Gasteiger partial charge is 0.495 e. The number of nitrogens with one attached hydrogen (secondary N) is 2. The fourth-order valence-electron chi connectivity index (χ4n) is 1.92. The van der Waals surface area contributed by atoms with E-state index in [1.54, 1.807) is 25.3 Å². The Morgan fingerprint density at radius 3 is 2.48 bits per heavy atom. The van der Waals surface area contributed by atoms with Crippen LogP contribution >= 0.6 is 23.8 Å². The lowest BCUT2D eigenvalue weighted by molar-refractivity contribution is 0.417. The molecule has 2 aromatic rings. The van der Waals surface area contributed by atoms with Crippen molar-refractivity contribution in [1.82, 2.24) is 0 Å². The standard InChI is InChI=1S/C16H17ClN2OS/c1-10-4-5-11(2)13(8-10)18-16(21)19-14-9-12(17)6-7-15(14)20-3/h4-9H,1-3H3,(H2,18,19,21). The molecule has 0 radical (unpaired) electrons. The average molecular weight is 321 g/mol. The smallest absolute Gasteiger partial charge is 0.175 e. The van der Waals surface area contributed by atoms with E-state index in [0.29, 0.717) is 15.9 Å². The van der Waals surface area contributed by atoms with E-state index in [1.165, 1.54) is 5.56 Å². The minimum absolute atomic E-state index is 0.490. The molecule has 0 heterocycles. The number of thiocarbonyl (C=S) groups is 1. The second-order valence-electron chi connectivity index (χ2n) is 4.74. The van der Waals surface area contributed by atoms with Gasteiger partial charge in [0, 0.05) is 10.7 Å². The summed E-state index contributed by atoms with van der Waals surface area (Å²) >= 11 is 11.4. The number of ether oxygens (including phenoxy) is 1. The van der Waals surface area contributed by atoms with Gasteiger partial charge < -0.3 is 15.4 Å². The first-order valence-electron chi connectivity index (χ1n) is 6.48. The number of halogens is 1. The van der Waals surface area contributed by atoms with E-state index in [0.717, 1.165) is 16.9 Å². The SMILES string of the molecule is COc1ccc(Cl)cc1NC(=S)Nc1cc(C)ccc1C. The van der Waals surface area contributed by atoms with Crippen LogP contribution in [0.4, 0.5) is 11.4 Å². The van der Waals surface area contributed by atoms with Crippen molar-refractivity contribution in [3.05, 3.63) is 52.5 Å². The highest BCUT2D eigenvalue weighted by molar-refractivity contribution is 7.80. The summed E-state index contributed by atoms with van der Waals surface area (Å²) in [6, 6.07) is 11.5. The fraction of sp³-hybridized carbons (Fsp3) is 0.188. The van der Waals surface area contributed by atoms with E-state index in [2.05, 4.69) is 28.8 Å². The monoisotopic (exact) mass is 320 g/mol. The molecule has 0 bridgehead atoms. The molecular weight excluding hydrogens is 304 g/mol. The first kappa shape index (κ1) is 15.6. The second-order valence-corrected chi connectivity index (χ2v) is 5.59. The number of benzene rings is 2. The van der Waals surface area contributed by atoms with Crippen molar-refractivity contribution in [2.24, 2.45) is 0 Å². The van der Waals surface area contributed by atoms with Gasteiger partial charge in [-0.3, -0.25) is 0 Å². The van der Waals surface area contributed by atoms with Crippen LogP contribution in [0.15, 0.2) is 36.4 Å². The zero-order chi connectivity index (χ0) is 15.4. The van der Waals surface area contributed by atoms with Crippen molar-refractivity contribution < 1.29 is 4.74 Å². The van der Waals surface area contributed by atoms with Crippen LogP contribution in [0, 0.1) is 13.8 Å². The highest BCUT2D eigenvalue weighted by atomic mass is 35.5. The highest BCUT2D eigenvalue weighted by Crippen LogP contribution is 2.28. The first-order chi connectivity index (χ1) is 9.99. The molecule has 0 fully saturated rings. The molecule has 0 spiro atoms. The summed E-state index contributed by atoms with van der Waals surface area (Å²) in [5.74, 6) is 0.685. The zero-order valence-corrected chi connectivity index (χ0v) is 13.7. The Labute approximate surface area is 135 Å². The van der Waals surface area contributed by atoms with Gasteiger partial charge in [0.15, 0.2) is 5.11 Å². The lowest BCUT2D eigenvalue weighted by Gasteiger charge is -2.15. The van der Waals surface area contributed by atoms with Crippen molar-refractivity contribution in [1.29, 1.82) is 0 Å². The number of hydrogen-bond acceptors (Lipinski definition) is 2. The summed E-state index contributed by atoms with van der Waals surface area (Å²) < 4.78 is 5.29. The van der Waals surface area contributed by atoms with Gasteiger partial charge in [-0.2, -0.15) is 0 Å². The summed E-state index contributed by atoms with van der Waals surface area (Å²) in [4.78, 5) is 0. The van der Waals surface area contributed by atoms with Gasteiger partial charge in [0.2, 0.25) is 0 Å². The van der Waals surface area contributed by atoms with Crippen molar-refractivity contribution in [3.8, 4) is 5.75 Å². The minimum Gasteiger partial charge on any atom is -0.495 e. The van der Waals surface area contributed by atoms with Crippen LogP contribution in [0.25, 0.3) is 0 Å². The molecule has 0 amide bonds. The van der Waals surface area contributed by atoms with Crippen molar-refractivity contribution in [2.45, 2.75) is 13.8 Å². The molecule has 0 unspecified atom stereocenters. The second kappa shape index (κ2) is 6.78. The van der Waals surface area contributed by atoms with E-state index in [9.17, 15) is 0 Å². The number of anilines is 2. The Morgan fingerprint density at radius 2 is 1.76 bits per heavy atom. The maximum atomic E-state index is 6.00. The predicted molar refractivity (Wildman–Crippen MR) is 93.8 cm³/mol. The van der Waals surface area contributed by atoms with Crippen LogP contribution in [0.1, 0.15) is 11.1 Å². The van der Waals surface area contributed by atoms with E-state index >= 15 is 0 Å². The maximum absolute atomic E-state index is 6.00. The van der Waals surface area contributed by atoms with Gasteiger partial charge in [-0.15, -0.1) is 0 Å². The molecule has 5 heteroatoms. The molecule has 0 atom stereocenters. The maximum Gasteiger partial charge on any atom is 0.175 e. The minimum atomic E-state index is 0.490. The molecule has 110 valence electrons. The van der Waals surface area contributed by atoms with Gasteiger partial charge in [0.1, 0.15) is 5.75 Å². The van der Waals surface area contributed by atoms with Gasteiger partial charge in [0.05, 0.1) is 12.8 Å². The average Bonchev–Trinajstić information content (AvgIpc) is 2.43. The number of aryl methyl sites for hydroxylation is 2. The molecule has 0 aromatic heterocycles. The highest BCUT2D eigenvalue weighted by Gasteiger charge is 2.07. The number of hydrogen-bond donors (Lipinski definition) is 2. The Balaban J connectivity index is 2.15. The van der Waals surface area contributed by atoms with E-state index in [-0.39, 0.29) is 0 Å². The van der Waals surface area contributed by atoms with E-state index < -0.39 is 0 Å². The zero-order valence-electron chi connectivity index (χ0n) is 12.2. The third-order valence-corrected chi connectivity index (χ3v) is 3.49. The van der Waals surface area contributed by atoms with Gasteiger partial charge in [-0.1, -0.05) is 23.7 Å². The molecule has 0 aliphatic carbocycles. The molecule has 0 aliphatic heterocycles. The Kier molecular flexibility index (Phi) is 5.04. The van der Waals surface area contributed by atoms with Crippen molar-refractivity contribution in [2.75, 3.05) is 17.7 Å². The topological polar surface area (TPSA) is 33.3 Å². The summed E-state index contributed by atoms with van der Waals surface area (Å²) in [6.07, 6.45) is 0. The number of methoxy groups -OCH3 is 1. The van der Waals surface area contributed by atoms with Crippen LogP contribution in [0.5, 0.6) is 5.75 Å². The lowest BCUT2D eigenvalue weighted by Crippen LogP contribution is -2.20.